The molecule has 0 fully saturated rings. The molecule has 0 aliphatic carbocycles. The van der Waals surface area contributed by atoms with Crippen LogP contribution >= 0.6 is 0 Å². The average Bonchev–Trinajstić information content (AvgIpc) is 3.14. The van der Waals surface area contributed by atoms with E-state index in [4.69, 9.17) is 0 Å². The number of amides is 1. The minimum Gasteiger partial charge on any atom is -0.348 e. The fourth-order valence-corrected chi connectivity index (χ4v) is 2.26. The van der Waals surface area contributed by atoms with E-state index < -0.39 is 16.6 Å². The summed E-state index contributed by atoms with van der Waals surface area (Å²) >= 11 is 0. The maximum atomic E-state index is 13.6. The summed E-state index contributed by atoms with van der Waals surface area (Å²) in [4.78, 5) is 26.6. The van der Waals surface area contributed by atoms with Gasteiger partial charge in [-0.2, -0.15) is 5.10 Å². The van der Waals surface area contributed by atoms with E-state index in [1.54, 1.807) is 18.2 Å². The first-order chi connectivity index (χ1) is 12.1. The van der Waals surface area contributed by atoms with Gasteiger partial charge in [0, 0.05) is 23.7 Å². The number of benzene rings is 2. The molecular formula is C16H12FN5O3. The van der Waals surface area contributed by atoms with E-state index in [1.807, 2.05) is 0 Å². The number of aromatic nitrogens is 3. The molecule has 25 heavy (non-hydrogen) atoms. The third-order valence-electron chi connectivity index (χ3n) is 3.50. The lowest BCUT2D eigenvalue weighted by Crippen LogP contribution is -2.23. The number of halogens is 1. The van der Waals surface area contributed by atoms with Crippen molar-refractivity contribution < 1.29 is 14.1 Å². The van der Waals surface area contributed by atoms with E-state index in [0.717, 1.165) is 6.07 Å². The number of nitro groups is 1. The Morgan fingerprint density at radius 3 is 2.76 bits per heavy atom. The molecule has 2 aromatic carbocycles. The molecule has 8 nitrogen and oxygen atoms in total. The molecule has 1 N–H and O–H groups in total. The van der Waals surface area contributed by atoms with Crippen molar-refractivity contribution in [1.82, 2.24) is 20.1 Å². The molecule has 3 rings (SSSR count). The van der Waals surface area contributed by atoms with Gasteiger partial charge in [0.1, 0.15) is 24.2 Å². The van der Waals surface area contributed by atoms with Crippen LogP contribution in [0.2, 0.25) is 0 Å². The molecular weight excluding hydrogens is 329 g/mol. The molecule has 0 atom stereocenters. The number of nitro benzene ring substituents is 1. The van der Waals surface area contributed by atoms with Crippen LogP contribution in [0.4, 0.5) is 10.1 Å². The normalized spacial score (nSPS) is 10.4. The molecule has 1 heterocycles. The number of rotatable bonds is 5. The van der Waals surface area contributed by atoms with Crippen LogP contribution in [0.3, 0.4) is 0 Å². The quantitative estimate of drug-likeness (QED) is 0.566. The molecule has 0 aliphatic heterocycles. The average molecular weight is 341 g/mol. The van der Waals surface area contributed by atoms with E-state index in [2.05, 4.69) is 15.4 Å². The standard InChI is InChI=1S/C16H12FN5O3/c17-13-4-2-1-3-12(13)8-19-16(23)11-5-6-14(15(7-11)22(24)25)21-10-18-9-20-21/h1-7,9-10H,8H2,(H,19,23). The zero-order valence-corrected chi connectivity index (χ0v) is 12.8. The summed E-state index contributed by atoms with van der Waals surface area (Å²) in [5.74, 6) is -0.980. The summed E-state index contributed by atoms with van der Waals surface area (Å²) in [5, 5.41) is 17.7. The van der Waals surface area contributed by atoms with Gasteiger partial charge in [0.25, 0.3) is 11.6 Å². The Bertz CT molecular complexity index is 927. The number of carbonyl (C=O) groups is 1. The maximum Gasteiger partial charge on any atom is 0.295 e. The summed E-state index contributed by atoms with van der Waals surface area (Å²) in [6.07, 6.45) is 2.57. The van der Waals surface area contributed by atoms with Gasteiger partial charge in [-0.15, -0.1) is 0 Å². The first-order valence-electron chi connectivity index (χ1n) is 7.21. The minimum atomic E-state index is -0.606. The van der Waals surface area contributed by atoms with Crippen LogP contribution in [0, 0.1) is 15.9 Å². The van der Waals surface area contributed by atoms with Crippen molar-refractivity contribution in [3.8, 4) is 5.69 Å². The molecule has 0 unspecified atom stereocenters. The second kappa shape index (κ2) is 6.87. The lowest BCUT2D eigenvalue weighted by molar-refractivity contribution is -0.384. The van der Waals surface area contributed by atoms with Crippen LogP contribution in [0.25, 0.3) is 5.69 Å². The van der Waals surface area contributed by atoms with Gasteiger partial charge in [-0.1, -0.05) is 18.2 Å². The maximum absolute atomic E-state index is 13.6. The van der Waals surface area contributed by atoms with E-state index in [1.165, 1.54) is 35.5 Å². The Kier molecular flexibility index (Phi) is 4.46. The van der Waals surface area contributed by atoms with Crippen molar-refractivity contribution in [2.45, 2.75) is 6.54 Å². The van der Waals surface area contributed by atoms with Gasteiger partial charge in [-0.3, -0.25) is 14.9 Å². The smallest absolute Gasteiger partial charge is 0.295 e. The van der Waals surface area contributed by atoms with Crippen molar-refractivity contribution in [3.05, 3.63) is 82.2 Å². The largest absolute Gasteiger partial charge is 0.348 e. The summed E-state index contributed by atoms with van der Waals surface area (Å²) in [7, 11) is 0. The number of hydrogen-bond donors (Lipinski definition) is 1. The Hall–Kier alpha value is -3.62. The first kappa shape index (κ1) is 16.2. The molecule has 1 amide bonds. The summed E-state index contributed by atoms with van der Waals surface area (Å²) < 4.78 is 14.8. The number of nitrogens with one attached hydrogen (secondary N) is 1. The van der Waals surface area contributed by atoms with Crippen LogP contribution in [0.15, 0.2) is 55.1 Å². The van der Waals surface area contributed by atoms with Crippen molar-refractivity contribution in [3.63, 3.8) is 0 Å². The van der Waals surface area contributed by atoms with Crippen LogP contribution in [0.5, 0.6) is 0 Å². The molecule has 126 valence electrons. The van der Waals surface area contributed by atoms with Crippen molar-refractivity contribution in [1.29, 1.82) is 0 Å². The third-order valence-corrected chi connectivity index (χ3v) is 3.50. The lowest BCUT2D eigenvalue weighted by atomic mass is 10.1. The molecule has 0 saturated heterocycles. The van der Waals surface area contributed by atoms with Gasteiger partial charge in [0.2, 0.25) is 0 Å². The number of carbonyl (C=O) groups excluding carboxylic acids is 1. The van der Waals surface area contributed by atoms with E-state index in [-0.39, 0.29) is 23.5 Å². The summed E-state index contributed by atoms with van der Waals surface area (Å²) in [6.45, 7) is -0.0237. The van der Waals surface area contributed by atoms with Crippen molar-refractivity contribution in [2.75, 3.05) is 0 Å². The van der Waals surface area contributed by atoms with Crippen molar-refractivity contribution in [2.24, 2.45) is 0 Å². The van der Waals surface area contributed by atoms with Gasteiger partial charge in [-0.05, 0) is 18.2 Å². The first-order valence-corrected chi connectivity index (χ1v) is 7.21. The van der Waals surface area contributed by atoms with Crippen LogP contribution < -0.4 is 5.32 Å². The van der Waals surface area contributed by atoms with Gasteiger partial charge in [0.05, 0.1) is 4.92 Å². The molecule has 3 aromatic rings. The van der Waals surface area contributed by atoms with E-state index in [9.17, 15) is 19.3 Å². The summed E-state index contributed by atoms with van der Waals surface area (Å²) in [6, 6.07) is 10.0. The third kappa shape index (κ3) is 3.50. The molecule has 0 bridgehead atoms. The molecule has 0 spiro atoms. The van der Waals surface area contributed by atoms with Crippen molar-refractivity contribution >= 4 is 11.6 Å². The molecule has 0 radical (unpaired) electrons. The highest BCUT2D eigenvalue weighted by molar-refractivity contribution is 5.95. The highest BCUT2D eigenvalue weighted by atomic mass is 19.1. The van der Waals surface area contributed by atoms with E-state index >= 15 is 0 Å². The van der Waals surface area contributed by atoms with Crippen LogP contribution in [-0.2, 0) is 6.54 Å². The predicted octanol–water partition coefficient (Wildman–Crippen LogP) is 2.24. The highest BCUT2D eigenvalue weighted by Gasteiger charge is 2.19. The Morgan fingerprint density at radius 1 is 1.28 bits per heavy atom. The van der Waals surface area contributed by atoms with E-state index in [0.29, 0.717) is 5.56 Å². The zero-order chi connectivity index (χ0) is 17.8. The van der Waals surface area contributed by atoms with Gasteiger partial charge >= 0.3 is 0 Å². The second-order valence-electron chi connectivity index (χ2n) is 5.07. The summed E-state index contributed by atoms with van der Waals surface area (Å²) in [5.41, 5.74) is 0.314. The fourth-order valence-electron chi connectivity index (χ4n) is 2.26. The minimum absolute atomic E-state index is 0.0237. The van der Waals surface area contributed by atoms with Gasteiger partial charge in [0.15, 0.2) is 0 Å². The fraction of sp³-hybridized carbons (Fsp3) is 0.0625. The van der Waals surface area contributed by atoms with Gasteiger partial charge < -0.3 is 5.32 Å². The second-order valence-corrected chi connectivity index (χ2v) is 5.07. The topological polar surface area (TPSA) is 103 Å². The monoisotopic (exact) mass is 341 g/mol. The molecule has 9 heteroatoms. The molecule has 1 aromatic heterocycles. The zero-order valence-electron chi connectivity index (χ0n) is 12.8. The SMILES string of the molecule is O=C(NCc1ccccc1F)c1ccc(-n2cncn2)c([N+](=O)[O-])c1. The Balaban J connectivity index is 1.82. The highest BCUT2D eigenvalue weighted by Crippen LogP contribution is 2.23. The molecule has 0 saturated carbocycles. The number of hydrogen-bond acceptors (Lipinski definition) is 5. The number of nitrogens with zero attached hydrogens (tertiary/aromatic N) is 4. The molecule has 0 aliphatic rings. The lowest BCUT2D eigenvalue weighted by Gasteiger charge is -2.08. The Morgan fingerprint density at radius 2 is 2.08 bits per heavy atom. The van der Waals surface area contributed by atoms with Crippen LogP contribution in [0.1, 0.15) is 15.9 Å². The van der Waals surface area contributed by atoms with Gasteiger partial charge in [-0.25, -0.2) is 14.1 Å². The Labute approximate surface area is 141 Å². The van der Waals surface area contributed by atoms with Crippen LogP contribution in [-0.4, -0.2) is 25.6 Å². The predicted molar refractivity (Wildman–Crippen MR) is 85.6 cm³/mol.